The van der Waals surface area contributed by atoms with Crippen LogP contribution in [0.4, 0.5) is 5.69 Å². The third-order valence-corrected chi connectivity index (χ3v) is 7.70. The monoisotopic (exact) mass is 441 g/mol. The molecule has 0 aromatic carbocycles. The molecule has 4 heterocycles. The van der Waals surface area contributed by atoms with E-state index in [1.807, 2.05) is 17.4 Å². The molecule has 126 valence electrons. The molecule has 3 aromatic heterocycles. The number of piperidine rings is 1. The van der Waals surface area contributed by atoms with Crippen LogP contribution in [0, 0.1) is 0 Å². The summed E-state index contributed by atoms with van der Waals surface area (Å²) in [6.07, 6.45) is 3.71. The van der Waals surface area contributed by atoms with Crippen LogP contribution in [0.5, 0.6) is 0 Å². The Balaban J connectivity index is 1.70. The van der Waals surface area contributed by atoms with Gasteiger partial charge in [-0.25, -0.2) is 4.98 Å². The van der Waals surface area contributed by atoms with Crippen LogP contribution < -0.4 is 10.6 Å². The number of hydrogen-bond acceptors (Lipinski definition) is 5. The Bertz CT molecular complexity index is 841. The van der Waals surface area contributed by atoms with Crippen LogP contribution in [0.15, 0.2) is 28.1 Å². The summed E-state index contributed by atoms with van der Waals surface area (Å²) in [4.78, 5) is 7.20. The first-order valence-corrected chi connectivity index (χ1v) is 10.9. The lowest BCUT2D eigenvalue weighted by Gasteiger charge is -2.22. The fourth-order valence-electron chi connectivity index (χ4n) is 3.05. The number of nitrogens with one attached hydrogen (secondary N) is 2. The summed E-state index contributed by atoms with van der Waals surface area (Å²) in [5, 5.41) is 9.78. The second kappa shape index (κ2) is 7.30. The normalized spacial score (nSPS) is 18.2. The van der Waals surface area contributed by atoms with Crippen molar-refractivity contribution in [1.29, 1.82) is 0 Å². The molecular formula is C17H17BrClN3S2. The van der Waals surface area contributed by atoms with Gasteiger partial charge in [0.2, 0.25) is 0 Å². The van der Waals surface area contributed by atoms with E-state index >= 15 is 0 Å². The minimum atomic E-state index is 0.413. The largest absolute Gasteiger partial charge is 0.379 e. The Kier molecular flexibility index (Phi) is 5.10. The molecule has 0 saturated carbocycles. The molecular weight excluding hydrogens is 426 g/mol. The zero-order chi connectivity index (χ0) is 16.5. The number of anilines is 1. The zero-order valence-electron chi connectivity index (χ0n) is 12.9. The molecule has 2 N–H and O–H groups in total. The molecule has 0 spiro atoms. The summed E-state index contributed by atoms with van der Waals surface area (Å²) in [6.45, 7) is 1.89. The maximum atomic E-state index is 6.27. The van der Waals surface area contributed by atoms with Crippen molar-refractivity contribution in [2.75, 3.05) is 11.9 Å². The quantitative estimate of drug-likeness (QED) is 0.472. The molecule has 3 nitrogen and oxygen atoms in total. The Labute approximate surface area is 162 Å². The minimum Gasteiger partial charge on any atom is -0.379 e. The number of rotatable bonds is 4. The summed E-state index contributed by atoms with van der Waals surface area (Å²) in [7, 11) is 0. The lowest BCUT2D eigenvalue weighted by atomic mass is 10.0. The molecule has 0 aliphatic carbocycles. The van der Waals surface area contributed by atoms with Crippen molar-refractivity contribution in [2.45, 2.75) is 31.8 Å². The van der Waals surface area contributed by atoms with Crippen LogP contribution in [0.2, 0.25) is 5.15 Å². The Morgan fingerprint density at radius 2 is 2.33 bits per heavy atom. The van der Waals surface area contributed by atoms with Gasteiger partial charge in [-0.15, -0.1) is 22.7 Å². The predicted molar refractivity (Wildman–Crippen MR) is 109 cm³/mol. The summed E-state index contributed by atoms with van der Waals surface area (Å²) in [5.74, 6) is 0. The maximum absolute atomic E-state index is 6.27. The highest BCUT2D eigenvalue weighted by atomic mass is 79.9. The van der Waals surface area contributed by atoms with E-state index in [0.29, 0.717) is 11.2 Å². The molecule has 1 fully saturated rings. The van der Waals surface area contributed by atoms with Crippen LogP contribution in [-0.2, 0) is 6.54 Å². The van der Waals surface area contributed by atoms with Crippen LogP contribution in [-0.4, -0.2) is 11.5 Å². The number of nitrogens with zero attached hydrogens (tertiary/aromatic N) is 1. The molecule has 0 unspecified atom stereocenters. The van der Waals surface area contributed by atoms with Crippen molar-refractivity contribution < 1.29 is 0 Å². The van der Waals surface area contributed by atoms with E-state index in [2.05, 4.69) is 49.1 Å². The highest BCUT2D eigenvalue weighted by Crippen LogP contribution is 2.44. The SMILES string of the molecule is Clc1cc(NCc2cccs2)c2sc([C@@H]3CCCCN3)c(Br)c2n1. The topological polar surface area (TPSA) is 37.0 Å². The minimum absolute atomic E-state index is 0.413. The molecule has 7 heteroatoms. The van der Waals surface area contributed by atoms with Crippen molar-refractivity contribution >= 4 is 66.1 Å². The molecule has 0 bridgehead atoms. The molecule has 0 amide bonds. The van der Waals surface area contributed by atoms with Crippen molar-refractivity contribution in [2.24, 2.45) is 0 Å². The van der Waals surface area contributed by atoms with Crippen LogP contribution in [0.25, 0.3) is 10.2 Å². The van der Waals surface area contributed by atoms with Crippen molar-refractivity contribution in [3.63, 3.8) is 0 Å². The first-order chi connectivity index (χ1) is 11.7. The van der Waals surface area contributed by atoms with E-state index in [-0.39, 0.29) is 0 Å². The fourth-order valence-corrected chi connectivity index (χ4v) is 6.06. The third kappa shape index (κ3) is 3.35. The standard InChI is InChI=1S/C17H17BrClN3S2/c18-14-15-17(24-16(14)11-5-1-2-6-20-11)12(8-13(19)22-15)21-9-10-4-3-7-23-10/h3-4,7-8,11,20H,1-2,5-6,9H2,(H,21,22)/t11-/m0/s1. The van der Waals surface area contributed by atoms with Crippen molar-refractivity contribution in [3.8, 4) is 0 Å². The molecule has 0 radical (unpaired) electrons. The average molecular weight is 443 g/mol. The number of fused-ring (bicyclic) bond motifs is 1. The molecule has 1 aliphatic rings. The van der Waals surface area contributed by atoms with Crippen molar-refractivity contribution in [3.05, 3.63) is 43.0 Å². The van der Waals surface area contributed by atoms with Gasteiger partial charge in [0.15, 0.2) is 0 Å². The smallest absolute Gasteiger partial charge is 0.131 e. The van der Waals surface area contributed by atoms with Crippen molar-refractivity contribution in [1.82, 2.24) is 10.3 Å². The van der Waals surface area contributed by atoms with E-state index in [9.17, 15) is 0 Å². The average Bonchev–Trinajstić information content (AvgIpc) is 3.22. The number of aromatic nitrogens is 1. The summed E-state index contributed by atoms with van der Waals surface area (Å²) >= 11 is 13.6. The zero-order valence-corrected chi connectivity index (χ0v) is 16.9. The van der Waals surface area contributed by atoms with Gasteiger partial charge >= 0.3 is 0 Å². The number of thiophene rings is 2. The highest BCUT2D eigenvalue weighted by Gasteiger charge is 2.23. The second-order valence-electron chi connectivity index (χ2n) is 5.89. The van der Waals surface area contributed by atoms with Gasteiger partial charge in [-0.2, -0.15) is 0 Å². The van der Waals surface area contributed by atoms with Gasteiger partial charge in [0, 0.05) is 28.4 Å². The molecule has 3 aromatic rings. The molecule has 1 saturated heterocycles. The third-order valence-electron chi connectivity index (χ3n) is 4.24. The van der Waals surface area contributed by atoms with Gasteiger partial charge in [-0.1, -0.05) is 24.1 Å². The molecule has 1 atom stereocenters. The second-order valence-corrected chi connectivity index (χ2v) is 9.15. The first-order valence-electron chi connectivity index (χ1n) is 8.00. The van der Waals surface area contributed by atoms with E-state index in [1.165, 1.54) is 33.7 Å². The lowest BCUT2D eigenvalue weighted by molar-refractivity contribution is 0.416. The Morgan fingerprint density at radius 3 is 3.08 bits per heavy atom. The van der Waals surface area contributed by atoms with Gasteiger partial charge < -0.3 is 10.6 Å². The van der Waals surface area contributed by atoms with E-state index < -0.39 is 0 Å². The molecule has 1 aliphatic heterocycles. The number of halogens is 2. The van der Waals surface area contributed by atoms with Gasteiger partial charge in [0.1, 0.15) is 5.15 Å². The van der Waals surface area contributed by atoms with Gasteiger partial charge in [-0.3, -0.25) is 0 Å². The fraction of sp³-hybridized carbons (Fsp3) is 0.353. The van der Waals surface area contributed by atoms with Crippen LogP contribution in [0.1, 0.15) is 35.1 Å². The summed E-state index contributed by atoms with van der Waals surface area (Å²) in [5.41, 5.74) is 2.02. The number of hydrogen-bond donors (Lipinski definition) is 2. The van der Waals surface area contributed by atoms with Gasteiger partial charge in [0.25, 0.3) is 0 Å². The Morgan fingerprint density at radius 1 is 1.42 bits per heavy atom. The summed E-state index contributed by atoms with van der Waals surface area (Å²) in [6, 6.07) is 6.56. The highest BCUT2D eigenvalue weighted by molar-refractivity contribution is 9.10. The van der Waals surface area contributed by atoms with E-state index in [4.69, 9.17) is 11.6 Å². The van der Waals surface area contributed by atoms with Gasteiger partial charge in [0.05, 0.1) is 20.4 Å². The maximum Gasteiger partial charge on any atom is 0.131 e. The summed E-state index contributed by atoms with van der Waals surface area (Å²) < 4.78 is 2.26. The molecule has 4 rings (SSSR count). The van der Waals surface area contributed by atoms with E-state index in [1.54, 1.807) is 11.3 Å². The number of pyridine rings is 1. The van der Waals surface area contributed by atoms with Crippen LogP contribution in [0.3, 0.4) is 0 Å². The Hall–Kier alpha value is -0.660. The lowest BCUT2D eigenvalue weighted by Crippen LogP contribution is -2.26. The predicted octanol–water partition coefficient (Wildman–Crippen LogP) is 6.20. The van der Waals surface area contributed by atoms with Crippen LogP contribution >= 0.6 is 50.2 Å². The van der Waals surface area contributed by atoms with E-state index in [0.717, 1.165) is 28.8 Å². The van der Waals surface area contributed by atoms with Gasteiger partial charge in [-0.05, 0) is 46.8 Å². The molecule has 24 heavy (non-hydrogen) atoms. The first kappa shape index (κ1) is 16.8.